The van der Waals surface area contributed by atoms with E-state index in [0.29, 0.717) is 5.92 Å². The van der Waals surface area contributed by atoms with Gasteiger partial charge in [0.05, 0.1) is 7.11 Å². The van der Waals surface area contributed by atoms with Crippen molar-refractivity contribution in [1.29, 1.82) is 0 Å². The van der Waals surface area contributed by atoms with Crippen LogP contribution in [0.25, 0.3) is 0 Å². The van der Waals surface area contributed by atoms with Crippen molar-refractivity contribution in [1.82, 2.24) is 0 Å². The number of hydrogen-bond donors (Lipinski definition) is 1. The van der Waals surface area contributed by atoms with Crippen LogP contribution >= 0.6 is 0 Å². The topological polar surface area (TPSA) is 44.5 Å². The first-order valence-electron chi connectivity index (χ1n) is 7.81. The van der Waals surface area contributed by atoms with Crippen LogP contribution < -0.4 is 15.2 Å². The third kappa shape index (κ3) is 2.18. The SMILES string of the molecule is CCC1CCCCC12C[C@H](N)c1ccc(OC)cc1O2. The third-order valence-corrected chi connectivity index (χ3v) is 5.14. The second-order valence-corrected chi connectivity index (χ2v) is 6.23. The fourth-order valence-electron chi connectivity index (χ4n) is 4.04. The van der Waals surface area contributed by atoms with Crippen molar-refractivity contribution < 1.29 is 9.47 Å². The highest BCUT2D eigenvalue weighted by Crippen LogP contribution is 2.49. The van der Waals surface area contributed by atoms with Gasteiger partial charge in [0.2, 0.25) is 0 Å². The van der Waals surface area contributed by atoms with Gasteiger partial charge >= 0.3 is 0 Å². The summed E-state index contributed by atoms with van der Waals surface area (Å²) in [5.41, 5.74) is 7.51. The molecule has 20 heavy (non-hydrogen) atoms. The van der Waals surface area contributed by atoms with Crippen LogP contribution in [0.3, 0.4) is 0 Å². The Balaban J connectivity index is 1.97. The number of ether oxygens (including phenoxy) is 2. The molecule has 1 aliphatic carbocycles. The Morgan fingerprint density at radius 1 is 1.40 bits per heavy atom. The van der Waals surface area contributed by atoms with Crippen molar-refractivity contribution in [3.63, 3.8) is 0 Å². The summed E-state index contributed by atoms with van der Waals surface area (Å²) in [5, 5.41) is 0. The summed E-state index contributed by atoms with van der Waals surface area (Å²) < 4.78 is 11.8. The Hall–Kier alpha value is -1.22. The number of rotatable bonds is 2. The number of fused-ring (bicyclic) bond motifs is 1. The molecule has 0 amide bonds. The quantitative estimate of drug-likeness (QED) is 0.892. The number of nitrogens with two attached hydrogens (primary N) is 1. The maximum Gasteiger partial charge on any atom is 0.128 e. The van der Waals surface area contributed by atoms with E-state index in [1.165, 1.54) is 25.7 Å². The molecule has 2 N–H and O–H groups in total. The predicted octanol–water partition coefficient (Wildman–Crippen LogP) is 3.82. The van der Waals surface area contributed by atoms with Crippen molar-refractivity contribution in [2.75, 3.05) is 7.11 Å². The molecule has 3 heteroatoms. The molecule has 1 aromatic rings. The highest BCUT2D eigenvalue weighted by molar-refractivity contribution is 5.44. The molecular weight excluding hydrogens is 250 g/mol. The normalized spacial score (nSPS) is 32.5. The van der Waals surface area contributed by atoms with E-state index in [2.05, 4.69) is 13.0 Å². The lowest BCUT2D eigenvalue weighted by Gasteiger charge is -2.48. The van der Waals surface area contributed by atoms with Gasteiger partial charge in [0.1, 0.15) is 17.1 Å². The van der Waals surface area contributed by atoms with Crippen LogP contribution in [0, 0.1) is 5.92 Å². The van der Waals surface area contributed by atoms with Gasteiger partial charge in [0.25, 0.3) is 0 Å². The Bertz CT molecular complexity index is 488. The number of hydrogen-bond acceptors (Lipinski definition) is 3. The van der Waals surface area contributed by atoms with Gasteiger partial charge in [-0.1, -0.05) is 19.4 Å². The van der Waals surface area contributed by atoms with E-state index in [1.807, 2.05) is 12.1 Å². The van der Waals surface area contributed by atoms with E-state index in [4.69, 9.17) is 15.2 Å². The lowest BCUT2D eigenvalue weighted by atomic mass is 9.69. The maximum absolute atomic E-state index is 6.52. The number of methoxy groups -OCH3 is 1. The molecule has 3 nitrogen and oxygen atoms in total. The molecule has 1 spiro atoms. The average molecular weight is 275 g/mol. The summed E-state index contributed by atoms with van der Waals surface area (Å²) in [6.45, 7) is 2.27. The second kappa shape index (κ2) is 5.28. The first-order valence-corrected chi connectivity index (χ1v) is 7.81. The molecular formula is C17H25NO2. The molecule has 2 aliphatic rings. The smallest absolute Gasteiger partial charge is 0.128 e. The molecule has 1 aliphatic heterocycles. The van der Waals surface area contributed by atoms with E-state index in [1.54, 1.807) is 7.11 Å². The summed E-state index contributed by atoms with van der Waals surface area (Å²) in [6.07, 6.45) is 7.10. The Kier molecular flexibility index (Phi) is 3.63. The van der Waals surface area contributed by atoms with Crippen molar-refractivity contribution in [3.8, 4) is 11.5 Å². The lowest BCUT2D eigenvalue weighted by molar-refractivity contribution is -0.0490. The zero-order valence-corrected chi connectivity index (χ0v) is 12.5. The molecule has 1 aromatic carbocycles. The van der Waals surface area contributed by atoms with Crippen LogP contribution in [0.4, 0.5) is 0 Å². The molecule has 0 radical (unpaired) electrons. The first kappa shape index (κ1) is 13.7. The van der Waals surface area contributed by atoms with E-state index in [-0.39, 0.29) is 11.6 Å². The summed E-state index contributed by atoms with van der Waals surface area (Å²) >= 11 is 0. The highest BCUT2D eigenvalue weighted by Gasteiger charge is 2.46. The molecule has 2 unspecified atom stereocenters. The molecule has 1 saturated carbocycles. The molecule has 3 atom stereocenters. The molecule has 3 rings (SSSR count). The van der Waals surface area contributed by atoms with Crippen LogP contribution in [0.2, 0.25) is 0 Å². The summed E-state index contributed by atoms with van der Waals surface area (Å²) in [6, 6.07) is 6.10. The van der Waals surface area contributed by atoms with Gasteiger partial charge in [-0.25, -0.2) is 0 Å². The third-order valence-electron chi connectivity index (χ3n) is 5.14. The standard InChI is InChI=1S/C17H25NO2/c1-3-12-6-4-5-9-17(12)11-15(18)14-8-7-13(19-2)10-16(14)20-17/h7-8,10,12,15H,3-6,9,11,18H2,1-2H3/t12?,15-,17?/m0/s1. The minimum absolute atomic E-state index is 0.0498. The fraction of sp³-hybridized carbons (Fsp3) is 0.647. The predicted molar refractivity (Wildman–Crippen MR) is 80.1 cm³/mol. The van der Waals surface area contributed by atoms with Gasteiger partial charge in [-0.05, 0) is 37.7 Å². The van der Waals surface area contributed by atoms with Crippen LogP contribution in [0.5, 0.6) is 11.5 Å². The molecule has 110 valence electrons. The Morgan fingerprint density at radius 2 is 2.25 bits per heavy atom. The van der Waals surface area contributed by atoms with Crippen molar-refractivity contribution in [2.24, 2.45) is 11.7 Å². The zero-order valence-electron chi connectivity index (χ0n) is 12.5. The molecule has 0 aromatic heterocycles. The maximum atomic E-state index is 6.52. The molecule has 0 bridgehead atoms. The monoisotopic (exact) mass is 275 g/mol. The van der Waals surface area contributed by atoms with Crippen molar-refractivity contribution >= 4 is 0 Å². The van der Waals surface area contributed by atoms with Crippen LogP contribution in [0.15, 0.2) is 18.2 Å². The van der Waals surface area contributed by atoms with E-state index >= 15 is 0 Å². The first-order chi connectivity index (χ1) is 9.68. The summed E-state index contributed by atoms with van der Waals surface area (Å²) in [4.78, 5) is 0. The summed E-state index contributed by atoms with van der Waals surface area (Å²) in [7, 11) is 1.69. The summed E-state index contributed by atoms with van der Waals surface area (Å²) in [5.74, 6) is 2.40. The Labute approximate surface area is 121 Å². The molecule has 0 saturated heterocycles. The molecule has 1 fully saturated rings. The van der Waals surface area contributed by atoms with Crippen molar-refractivity contribution in [3.05, 3.63) is 23.8 Å². The van der Waals surface area contributed by atoms with Gasteiger partial charge in [0, 0.05) is 24.1 Å². The minimum atomic E-state index is -0.0498. The largest absolute Gasteiger partial charge is 0.497 e. The van der Waals surface area contributed by atoms with Gasteiger partial charge in [-0.3, -0.25) is 0 Å². The van der Waals surface area contributed by atoms with Crippen LogP contribution in [-0.2, 0) is 0 Å². The van der Waals surface area contributed by atoms with E-state index < -0.39 is 0 Å². The fourth-order valence-corrected chi connectivity index (χ4v) is 4.04. The number of benzene rings is 1. The second-order valence-electron chi connectivity index (χ2n) is 6.23. The van der Waals surface area contributed by atoms with Gasteiger partial charge in [-0.2, -0.15) is 0 Å². The van der Waals surface area contributed by atoms with E-state index in [9.17, 15) is 0 Å². The van der Waals surface area contributed by atoms with Crippen molar-refractivity contribution in [2.45, 2.75) is 57.1 Å². The van der Waals surface area contributed by atoms with Crippen LogP contribution in [0.1, 0.15) is 57.1 Å². The lowest BCUT2D eigenvalue weighted by Crippen LogP contribution is -2.50. The minimum Gasteiger partial charge on any atom is -0.497 e. The van der Waals surface area contributed by atoms with E-state index in [0.717, 1.165) is 29.9 Å². The van der Waals surface area contributed by atoms with Gasteiger partial charge in [0.15, 0.2) is 0 Å². The van der Waals surface area contributed by atoms with Crippen LogP contribution in [-0.4, -0.2) is 12.7 Å². The molecule has 1 heterocycles. The Morgan fingerprint density at radius 3 is 3.00 bits per heavy atom. The van der Waals surface area contributed by atoms with Gasteiger partial charge < -0.3 is 15.2 Å². The zero-order chi connectivity index (χ0) is 14.2. The van der Waals surface area contributed by atoms with Gasteiger partial charge in [-0.15, -0.1) is 0 Å². The average Bonchev–Trinajstić information content (AvgIpc) is 2.47. The highest BCUT2D eigenvalue weighted by atomic mass is 16.5.